The summed E-state index contributed by atoms with van der Waals surface area (Å²) in [6, 6.07) is 6.07. The molecule has 1 aliphatic rings. The van der Waals surface area contributed by atoms with Crippen LogP contribution < -0.4 is 5.32 Å². The Morgan fingerprint density at radius 2 is 2.35 bits per heavy atom. The molecule has 1 saturated heterocycles. The van der Waals surface area contributed by atoms with E-state index in [1.54, 1.807) is 0 Å². The van der Waals surface area contributed by atoms with Gasteiger partial charge in [0.15, 0.2) is 0 Å². The lowest BCUT2D eigenvalue weighted by Gasteiger charge is -2.31. The second-order valence-electron chi connectivity index (χ2n) is 5.46. The van der Waals surface area contributed by atoms with E-state index in [1.807, 2.05) is 0 Å². The van der Waals surface area contributed by atoms with Crippen LogP contribution in [0.2, 0.25) is 5.02 Å². The summed E-state index contributed by atoms with van der Waals surface area (Å²) in [6.07, 6.45) is 2.12. The highest BCUT2D eigenvalue weighted by atomic mass is 35.5. The molecule has 122 valence electrons. The van der Waals surface area contributed by atoms with E-state index in [1.165, 1.54) is 18.2 Å². The highest BCUT2D eigenvalue weighted by Gasteiger charge is 2.26. The van der Waals surface area contributed by atoms with Gasteiger partial charge in [0.1, 0.15) is 0 Å². The number of piperidine rings is 1. The van der Waals surface area contributed by atoms with Crippen molar-refractivity contribution in [2.75, 3.05) is 25.0 Å². The Kier molecular flexibility index (Phi) is 5.90. The van der Waals surface area contributed by atoms with Crippen molar-refractivity contribution in [1.82, 2.24) is 4.90 Å². The third kappa shape index (κ3) is 4.65. The van der Waals surface area contributed by atoms with Gasteiger partial charge < -0.3 is 10.2 Å². The Balaban J connectivity index is 1.98. The van der Waals surface area contributed by atoms with Gasteiger partial charge in [0, 0.05) is 31.6 Å². The van der Waals surface area contributed by atoms with E-state index in [0.29, 0.717) is 25.2 Å². The van der Waals surface area contributed by atoms with Gasteiger partial charge in [-0.25, -0.2) is 0 Å². The lowest BCUT2D eigenvalue weighted by molar-refractivity contribution is -0.384. The number of nitriles is 1. The zero-order chi connectivity index (χ0) is 16.8. The van der Waals surface area contributed by atoms with Gasteiger partial charge in [-0.2, -0.15) is 5.26 Å². The molecular weight excluding hydrogens is 320 g/mol. The van der Waals surface area contributed by atoms with E-state index in [0.717, 1.165) is 19.4 Å². The van der Waals surface area contributed by atoms with Gasteiger partial charge in [-0.15, -0.1) is 0 Å². The van der Waals surface area contributed by atoms with Crippen LogP contribution in [-0.4, -0.2) is 35.4 Å². The molecule has 2 rings (SSSR count). The number of amides is 1. The zero-order valence-corrected chi connectivity index (χ0v) is 13.3. The number of rotatable bonds is 5. The molecule has 0 spiro atoms. The van der Waals surface area contributed by atoms with E-state index < -0.39 is 4.92 Å². The molecule has 1 fully saturated rings. The van der Waals surface area contributed by atoms with Gasteiger partial charge in [-0.3, -0.25) is 14.9 Å². The largest absolute Gasteiger partial charge is 0.324 e. The molecule has 0 radical (unpaired) electrons. The minimum absolute atomic E-state index is 0.117. The van der Waals surface area contributed by atoms with Gasteiger partial charge in [-0.05, 0) is 25.5 Å². The number of anilines is 1. The number of carbonyl (C=O) groups excluding carboxylic acids is 1. The average Bonchev–Trinajstić information content (AvgIpc) is 2.54. The second-order valence-corrected chi connectivity index (χ2v) is 5.87. The number of benzene rings is 1. The first kappa shape index (κ1) is 17.2. The average molecular weight is 337 g/mol. The number of likely N-dealkylation sites (tertiary alicyclic amines) is 1. The number of nitro benzene ring substituents is 1. The van der Waals surface area contributed by atoms with Crippen LogP contribution in [0.1, 0.15) is 19.3 Å². The van der Waals surface area contributed by atoms with Gasteiger partial charge in [0.2, 0.25) is 5.91 Å². The molecule has 0 aromatic heterocycles. The van der Waals surface area contributed by atoms with Crippen molar-refractivity contribution in [3.05, 3.63) is 33.3 Å². The SMILES string of the molecule is N#CCCN1CCCC(C(=O)Nc2ccc([N+](=O)[O-])cc2Cl)C1. The molecule has 7 nitrogen and oxygen atoms in total. The highest BCUT2D eigenvalue weighted by molar-refractivity contribution is 6.34. The number of nitro groups is 1. The standard InChI is InChI=1S/C15H17ClN4O3/c16-13-9-12(20(22)23)4-5-14(13)18-15(21)11-3-1-7-19(10-11)8-2-6-17/h4-5,9,11H,1-3,7-8,10H2,(H,18,21). The maximum atomic E-state index is 12.4. The molecule has 0 bridgehead atoms. The zero-order valence-electron chi connectivity index (χ0n) is 12.5. The Labute approximate surface area is 139 Å². The fourth-order valence-corrected chi connectivity index (χ4v) is 2.86. The number of hydrogen-bond donors (Lipinski definition) is 1. The number of hydrogen-bond acceptors (Lipinski definition) is 5. The van der Waals surface area contributed by atoms with Crippen LogP contribution in [0.5, 0.6) is 0 Å². The van der Waals surface area contributed by atoms with Crippen molar-refractivity contribution >= 4 is 28.9 Å². The molecule has 1 amide bonds. The van der Waals surface area contributed by atoms with Crippen LogP contribution in [0.4, 0.5) is 11.4 Å². The topological polar surface area (TPSA) is 99.3 Å². The first-order valence-corrected chi connectivity index (χ1v) is 7.73. The van der Waals surface area contributed by atoms with Crippen molar-refractivity contribution < 1.29 is 9.72 Å². The van der Waals surface area contributed by atoms with Crippen molar-refractivity contribution in [3.63, 3.8) is 0 Å². The van der Waals surface area contributed by atoms with Crippen LogP contribution in [0.25, 0.3) is 0 Å². The molecule has 1 atom stereocenters. The number of nitrogens with one attached hydrogen (secondary N) is 1. The van der Waals surface area contributed by atoms with Crippen LogP contribution in [0.3, 0.4) is 0 Å². The normalized spacial score (nSPS) is 18.2. The molecule has 1 unspecified atom stereocenters. The quantitative estimate of drug-likeness (QED) is 0.658. The summed E-state index contributed by atoms with van der Waals surface area (Å²) < 4.78 is 0. The molecule has 1 aromatic rings. The Bertz CT molecular complexity index is 644. The Morgan fingerprint density at radius 3 is 3.00 bits per heavy atom. The minimum Gasteiger partial charge on any atom is -0.324 e. The molecule has 1 aliphatic heterocycles. The number of carbonyl (C=O) groups is 1. The van der Waals surface area contributed by atoms with E-state index in [4.69, 9.17) is 16.9 Å². The van der Waals surface area contributed by atoms with Crippen LogP contribution >= 0.6 is 11.6 Å². The maximum Gasteiger partial charge on any atom is 0.271 e. The van der Waals surface area contributed by atoms with Gasteiger partial charge in [0.05, 0.1) is 27.6 Å². The Hall–Kier alpha value is -2.17. The summed E-state index contributed by atoms with van der Waals surface area (Å²) in [7, 11) is 0. The van der Waals surface area contributed by atoms with Crippen molar-refractivity contribution in [3.8, 4) is 6.07 Å². The third-order valence-electron chi connectivity index (χ3n) is 3.84. The predicted octanol–water partition coefficient (Wildman–Crippen LogP) is 2.81. The molecular formula is C15H17ClN4O3. The van der Waals surface area contributed by atoms with Crippen LogP contribution in [0, 0.1) is 27.4 Å². The van der Waals surface area contributed by atoms with E-state index in [9.17, 15) is 14.9 Å². The van der Waals surface area contributed by atoms with Crippen LogP contribution in [-0.2, 0) is 4.79 Å². The second kappa shape index (κ2) is 7.90. The molecule has 8 heteroatoms. The maximum absolute atomic E-state index is 12.4. The van der Waals surface area contributed by atoms with Gasteiger partial charge >= 0.3 is 0 Å². The lowest BCUT2D eigenvalue weighted by Crippen LogP contribution is -2.41. The first-order valence-electron chi connectivity index (χ1n) is 7.35. The molecule has 0 saturated carbocycles. The van der Waals surface area contributed by atoms with Crippen LogP contribution in [0.15, 0.2) is 18.2 Å². The molecule has 1 aromatic carbocycles. The number of nitrogens with zero attached hydrogens (tertiary/aromatic N) is 3. The van der Waals surface area contributed by atoms with Gasteiger partial charge in [-0.1, -0.05) is 11.6 Å². The minimum atomic E-state index is -0.536. The smallest absolute Gasteiger partial charge is 0.271 e. The molecule has 0 aliphatic carbocycles. The summed E-state index contributed by atoms with van der Waals surface area (Å²) in [4.78, 5) is 24.6. The Morgan fingerprint density at radius 1 is 1.57 bits per heavy atom. The summed E-state index contributed by atoms with van der Waals surface area (Å²) in [6.45, 7) is 2.17. The summed E-state index contributed by atoms with van der Waals surface area (Å²) in [5, 5.41) is 22.2. The molecule has 1 N–H and O–H groups in total. The van der Waals surface area contributed by atoms with Crippen molar-refractivity contribution in [2.45, 2.75) is 19.3 Å². The highest BCUT2D eigenvalue weighted by Crippen LogP contribution is 2.28. The molecule has 1 heterocycles. The lowest BCUT2D eigenvalue weighted by atomic mass is 9.97. The fraction of sp³-hybridized carbons (Fsp3) is 0.467. The van der Waals surface area contributed by atoms with Crippen molar-refractivity contribution in [2.24, 2.45) is 5.92 Å². The monoisotopic (exact) mass is 336 g/mol. The number of halogens is 1. The molecule has 23 heavy (non-hydrogen) atoms. The summed E-state index contributed by atoms with van der Waals surface area (Å²) in [5.74, 6) is -0.323. The first-order chi connectivity index (χ1) is 11.0. The predicted molar refractivity (Wildman–Crippen MR) is 86.1 cm³/mol. The van der Waals surface area contributed by atoms with E-state index in [-0.39, 0.29) is 22.5 Å². The summed E-state index contributed by atoms with van der Waals surface area (Å²) in [5.41, 5.74) is 0.254. The third-order valence-corrected chi connectivity index (χ3v) is 4.15. The fourth-order valence-electron chi connectivity index (χ4n) is 2.63. The summed E-state index contributed by atoms with van der Waals surface area (Å²) >= 11 is 5.99. The van der Waals surface area contributed by atoms with Crippen molar-refractivity contribution in [1.29, 1.82) is 5.26 Å². The van der Waals surface area contributed by atoms with E-state index >= 15 is 0 Å². The van der Waals surface area contributed by atoms with E-state index in [2.05, 4.69) is 16.3 Å². The number of non-ortho nitro benzene ring substituents is 1. The van der Waals surface area contributed by atoms with Gasteiger partial charge in [0.25, 0.3) is 5.69 Å².